The molecule has 0 unspecified atom stereocenters. The summed E-state index contributed by atoms with van der Waals surface area (Å²) in [5.74, 6) is -0.971. The number of ether oxygens (including phenoxy) is 1. The van der Waals surface area contributed by atoms with Crippen molar-refractivity contribution in [3.63, 3.8) is 0 Å². The van der Waals surface area contributed by atoms with Crippen LogP contribution in [0.5, 0.6) is 0 Å². The number of hydrogen-bond acceptors (Lipinski definition) is 4. The highest BCUT2D eigenvalue weighted by Gasteiger charge is 2.51. The first-order valence-corrected chi connectivity index (χ1v) is 12.5. The first kappa shape index (κ1) is 23.4. The summed E-state index contributed by atoms with van der Waals surface area (Å²) in [5.41, 5.74) is 3.19. The number of nitrogens with one attached hydrogen (secondary N) is 1. The van der Waals surface area contributed by atoms with Crippen molar-refractivity contribution in [1.82, 2.24) is 10.2 Å². The summed E-state index contributed by atoms with van der Waals surface area (Å²) >= 11 is 0. The summed E-state index contributed by atoms with van der Waals surface area (Å²) in [6, 6.07) is 16.4. The molecule has 0 aromatic heterocycles. The van der Waals surface area contributed by atoms with E-state index in [0.717, 1.165) is 24.0 Å². The summed E-state index contributed by atoms with van der Waals surface area (Å²) < 4.78 is 5.74. The van der Waals surface area contributed by atoms with Gasteiger partial charge >= 0.3 is 12.1 Å². The van der Waals surface area contributed by atoms with E-state index in [4.69, 9.17) is 4.74 Å². The number of carbonyl (C=O) groups excluding carboxylic acids is 2. The van der Waals surface area contributed by atoms with Crippen molar-refractivity contribution in [2.45, 2.75) is 56.9 Å². The number of amides is 2. The van der Waals surface area contributed by atoms with Crippen molar-refractivity contribution in [2.75, 3.05) is 19.7 Å². The van der Waals surface area contributed by atoms with Crippen molar-refractivity contribution in [1.29, 1.82) is 0 Å². The van der Waals surface area contributed by atoms with Gasteiger partial charge in [-0.05, 0) is 41.5 Å². The Kier molecular flexibility index (Phi) is 6.03. The van der Waals surface area contributed by atoms with Gasteiger partial charge in [-0.2, -0.15) is 0 Å². The highest BCUT2D eigenvalue weighted by Crippen LogP contribution is 2.44. The third-order valence-electron chi connectivity index (χ3n) is 8.23. The Morgan fingerprint density at radius 3 is 2.11 bits per heavy atom. The van der Waals surface area contributed by atoms with E-state index in [1.165, 1.54) is 11.1 Å². The molecule has 1 saturated carbocycles. The van der Waals surface area contributed by atoms with Gasteiger partial charge in [0.15, 0.2) is 0 Å². The van der Waals surface area contributed by atoms with E-state index < -0.39 is 23.0 Å². The van der Waals surface area contributed by atoms with Crippen LogP contribution in [-0.4, -0.2) is 53.2 Å². The summed E-state index contributed by atoms with van der Waals surface area (Å²) in [6.07, 6.45) is 3.48. The second-order valence-electron chi connectivity index (χ2n) is 10.3. The molecule has 35 heavy (non-hydrogen) atoms. The van der Waals surface area contributed by atoms with Crippen molar-refractivity contribution < 1.29 is 24.2 Å². The van der Waals surface area contributed by atoms with Gasteiger partial charge in [-0.3, -0.25) is 9.59 Å². The quantitative estimate of drug-likeness (QED) is 0.611. The smallest absolute Gasteiger partial charge is 0.407 e. The maximum Gasteiger partial charge on any atom is 0.407 e. The molecule has 7 heteroatoms. The fourth-order valence-corrected chi connectivity index (χ4v) is 6.02. The van der Waals surface area contributed by atoms with Gasteiger partial charge in [0.25, 0.3) is 0 Å². The van der Waals surface area contributed by atoms with E-state index in [1.54, 1.807) is 4.90 Å². The van der Waals surface area contributed by atoms with Crippen LogP contribution in [0.4, 0.5) is 4.79 Å². The highest BCUT2D eigenvalue weighted by molar-refractivity contribution is 5.84. The van der Waals surface area contributed by atoms with Crippen LogP contribution in [-0.2, 0) is 14.3 Å². The average molecular weight is 477 g/mol. The van der Waals surface area contributed by atoms with Crippen molar-refractivity contribution >= 4 is 18.0 Å². The van der Waals surface area contributed by atoms with Gasteiger partial charge in [-0.25, -0.2) is 4.79 Å². The minimum atomic E-state index is -0.851. The van der Waals surface area contributed by atoms with Gasteiger partial charge in [0.1, 0.15) is 12.0 Å². The number of nitrogens with zero attached hydrogens (tertiary/aromatic N) is 1. The van der Waals surface area contributed by atoms with Crippen LogP contribution in [0.1, 0.15) is 62.5 Å². The number of alkyl carbamates (subject to hydrolysis) is 1. The maximum atomic E-state index is 13.0. The van der Waals surface area contributed by atoms with Crippen molar-refractivity contribution in [3.05, 3.63) is 59.7 Å². The number of rotatable bonds is 7. The summed E-state index contributed by atoms with van der Waals surface area (Å²) in [4.78, 5) is 39.1. The summed E-state index contributed by atoms with van der Waals surface area (Å²) in [7, 11) is 0. The fraction of sp³-hybridized carbons (Fsp3) is 0.464. The van der Waals surface area contributed by atoms with E-state index >= 15 is 0 Å². The molecule has 0 radical (unpaired) electrons. The van der Waals surface area contributed by atoms with Gasteiger partial charge in [-0.15, -0.1) is 0 Å². The van der Waals surface area contributed by atoms with Crippen LogP contribution in [0.3, 0.4) is 0 Å². The van der Waals surface area contributed by atoms with Gasteiger partial charge in [0.2, 0.25) is 5.91 Å². The molecule has 2 aliphatic carbocycles. The van der Waals surface area contributed by atoms with Gasteiger partial charge in [0.05, 0.1) is 12.0 Å². The Labute approximate surface area is 205 Å². The molecule has 2 N–H and O–H groups in total. The Morgan fingerprint density at radius 1 is 1.00 bits per heavy atom. The molecule has 2 fully saturated rings. The molecule has 3 aliphatic rings. The second-order valence-corrected chi connectivity index (χ2v) is 10.3. The first-order chi connectivity index (χ1) is 16.9. The van der Waals surface area contributed by atoms with E-state index in [-0.39, 0.29) is 37.9 Å². The zero-order valence-electron chi connectivity index (χ0n) is 20.1. The molecule has 2 aromatic carbocycles. The summed E-state index contributed by atoms with van der Waals surface area (Å²) in [5, 5.41) is 12.5. The predicted molar refractivity (Wildman–Crippen MR) is 131 cm³/mol. The molecule has 184 valence electrons. The van der Waals surface area contributed by atoms with Gasteiger partial charge < -0.3 is 20.1 Å². The van der Waals surface area contributed by atoms with Crippen LogP contribution in [0.2, 0.25) is 0 Å². The Balaban J connectivity index is 1.22. The number of carboxylic acid groups (broad SMARTS) is 1. The molecule has 5 rings (SSSR count). The van der Waals surface area contributed by atoms with Crippen molar-refractivity contribution in [3.8, 4) is 11.1 Å². The van der Waals surface area contributed by atoms with E-state index in [2.05, 4.69) is 29.6 Å². The number of benzene rings is 2. The normalized spacial score (nSPS) is 19.4. The zero-order chi connectivity index (χ0) is 24.6. The third-order valence-corrected chi connectivity index (χ3v) is 8.23. The molecular weight excluding hydrogens is 444 g/mol. The van der Waals surface area contributed by atoms with Gasteiger partial charge in [0, 0.05) is 19.0 Å². The van der Waals surface area contributed by atoms with E-state index in [1.807, 2.05) is 31.2 Å². The number of fused-ring (bicyclic) bond motifs is 3. The lowest BCUT2D eigenvalue weighted by molar-refractivity contribution is -0.166. The first-order valence-electron chi connectivity index (χ1n) is 12.5. The number of carboxylic acids is 1. The monoisotopic (exact) mass is 476 g/mol. The lowest BCUT2D eigenvalue weighted by Crippen LogP contribution is -2.63. The average Bonchev–Trinajstić information content (AvgIpc) is 3.39. The number of hydrogen-bond donors (Lipinski definition) is 2. The Hall–Kier alpha value is -3.35. The van der Waals surface area contributed by atoms with Crippen LogP contribution < -0.4 is 5.32 Å². The summed E-state index contributed by atoms with van der Waals surface area (Å²) in [6.45, 7) is 2.54. The van der Waals surface area contributed by atoms with Crippen LogP contribution in [0.25, 0.3) is 11.1 Å². The fourth-order valence-electron chi connectivity index (χ4n) is 6.02. The molecule has 1 heterocycles. The largest absolute Gasteiger partial charge is 0.481 e. The minimum absolute atomic E-state index is 0.0198. The molecule has 0 spiro atoms. The SMILES string of the molecule is CCC1(C(=O)O)CN(C(=O)CC2(NC(=O)OCC3c4ccccc4-c4ccccc43)CCCC2)C1. The van der Waals surface area contributed by atoms with Gasteiger partial charge in [-0.1, -0.05) is 68.3 Å². The predicted octanol–water partition coefficient (Wildman–Crippen LogP) is 4.55. The third kappa shape index (κ3) is 4.17. The number of carbonyl (C=O) groups is 3. The lowest BCUT2D eigenvalue weighted by Gasteiger charge is -2.47. The van der Waals surface area contributed by atoms with Crippen LogP contribution in [0.15, 0.2) is 48.5 Å². The molecule has 7 nitrogen and oxygen atoms in total. The molecule has 1 aliphatic heterocycles. The minimum Gasteiger partial charge on any atom is -0.481 e. The van der Waals surface area contributed by atoms with Crippen molar-refractivity contribution in [2.24, 2.45) is 5.41 Å². The standard InChI is InChI=1S/C28H32N2O5/c1-2-27(25(32)33)17-30(18-27)24(31)15-28(13-7-8-14-28)29-26(34)35-16-23-21-11-5-3-9-19(21)20-10-4-6-12-22(20)23/h3-6,9-12,23H,2,7-8,13-18H2,1H3,(H,29,34)(H,32,33). The Bertz CT molecular complexity index is 1100. The molecule has 0 bridgehead atoms. The molecule has 1 saturated heterocycles. The van der Waals surface area contributed by atoms with Crippen LogP contribution >= 0.6 is 0 Å². The van der Waals surface area contributed by atoms with E-state index in [9.17, 15) is 19.5 Å². The van der Waals surface area contributed by atoms with Crippen LogP contribution in [0, 0.1) is 5.41 Å². The Morgan fingerprint density at radius 2 is 1.57 bits per heavy atom. The zero-order valence-corrected chi connectivity index (χ0v) is 20.1. The molecule has 2 aromatic rings. The number of aliphatic carboxylic acids is 1. The topological polar surface area (TPSA) is 95.9 Å². The molecule has 0 atom stereocenters. The second kappa shape index (κ2) is 9.02. The number of likely N-dealkylation sites (tertiary alicyclic amines) is 1. The maximum absolute atomic E-state index is 13.0. The highest BCUT2D eigenvalue weighted by atomic mass is 16.5. The van der Waals surface area contributed by atoms with E-state index in [0.29, 0.717) is 19.3 Å². The molecular formula is C28H32N2O5. The molecule has 2 amide bonds. The lowest BCUT2D eigenvalue weighted by atomic mass is 9.77.